The number of carbonyl (C=O) groups excluding carboxylic acids is 2. The van der Waals surface area contributed by atoms with E-state index in [4.69, 9.17) is 21.1 Å². The van der Waals surface area contributed by atoms with Crippen molar-refractivity contribution in [1.29, 1.82) is 0 Å². The summed E-state index contributed by atoms with van der Waals surface area (Å²) < 4.78 is 10.6. The molecular weight excluding hydrogens is 400 g/mol. The van der Waals surface area contributed by atoms with Gasteiger partial charge in [0.1, 0.15) is 11.5 Å². The summed E-state index contributed by atoms with van der Waals surface area (Å²) in [5.74, 6) is 0.528. The number of anilines is 1. The van der Waals surface area contributed by atoms with Crippen molar-refractivity contribution in [3.8, 4) is 11.5 Å². The van der Waals surface area contributed by atoms with Crippen LogP contribution in [0.4, 0.5) is 5.69 Å². The van der Waals surface area contributed by atoms with E-state index in [2.05, 4.69) is 11.4 Å². The second-order valence-electron chi connectivity index (χ2n) is 6.94. The van der Waals surface area contributed by atoms with E-state index >= 15 is 0 Å². The summed E-state index contributed by atoms with van der Waals surface area (Å²) in [4.78, 5) is 30.6. The van der Waals surface area contributed by atoms with Gasteiger partial charge in [0.15, 0.2) is 0 Å². The molecule has 1 saturated heterocycles. The van der Waals surface area contributed by atoms with E-state index in [1.807, 2.05) is 4.90 Å². The molecule has 1 aromatic carbocycles. The number of benzene rings is 1. The number of methoxy groups -OCH3 is 2. The van der Waals surface area contributed by atoms with Gasteiger partial charge in [0, 0.05) is 37.0 Å². The maximum Gasteiger partial charge on any atom is 0.228 e. The largest absolute Gasteiger partial charge is 0.495 e. The Bertz CT molecular complexity index is 929. The number of halogens is 1. The fraction of sp³-hybridized carbons (Fsp3) is 0.400. The molecule has 2 aliphatic heterocycles. The molecule has 0 bridgehead atoms. The van der Waals surface area contributed by atoms with Gasteiger partial charge in [-0.05, 0) is 29.5 Å². The standard InChI is InChI=1S/C20H21ClN2O4S/c1-26-16-9-17(27-2)15(8-14(16)21)23-11-13(7-19(23)24)20(25)22-5-3-18-12(10-22)4-6-28-18/h4,6,8-9,13H,3,5,7,10-11H2,1-2H3/t13-/m1/s1. The third kappa shape index (κ3) is 3.33. The highest BCUT2D eigenvalue weighted by atomic mass is 35.5. The number of fused-ring (bicyclic) bond motifs is 1. The molecule has 0 unspecified atom stereocenters. The molecule has 0 aliphatic carbocycles. The summed E-state index contributed by atoms with van der Waals surface area (Å²) in [7, 11) is 3.05. The van der Waals surface area contributed by atoms with E-state index in [1.54, 1.807) is 28.4 Å². The second-order valence-corrected chi connectivity index (χ2v) is 8.35. The van der Waals surface area contributed by atoms with Crippen LogP contribution < -0.4 is 14.4 Å². The quantitative estimate of drug-likeness (QED) is 0.761. The lowest BCUT2D eigenvalue weighted by atomic mass is 10.0. The van der Waals surface area contributed by atoms with E-state index in [1.165, 1.54) is 24.7 Å². The summed E-state index contributed by atoms with van der Waals surface area (Å²) in [6, 6.07) is 5.39. The maximum atomic E-state index is 13.0. The molecule has 1 fully saturated rings. The van der Waals surface area contributed by atoms with E-state index in [-0.39, 0.29) is 24.2 Å². The Labute approximate surface area is 172 Å². The predicted molar refractivity (Wildman–Crippen MR) is 108 cm³/mol. The Morgan fingerprint density at radius 3 is 2.79 bits per heavy atom. The van der Waals surface area contributed by atoms with Crippen molar-refractivity contribution in [2.45, 2.75) is 19.4 Å². The molecule has 0 N–H and O–H groups in total. The zero-order valence-electron chi connectivity index (χ0n) is 15.7. The van der Waals surface area contributed by atoms with Crippen LogP contribution in [0.1, 0.15) is 16.9 Å². The van der Waals surface area contributed by atoms with E-state index in [0.29, 0.717) is 41.8 Å². The van der Waals surface area contributed by atoms with E-state index < -0.39 is 0 Å². The summed E-state index contributed by atoms with van der Waals surface area (Å²) in [6.07, 6.45) is 1.07. The minimum Gasteiger partial charge on any atom is -0.495 e. The van der Waals surface area contributed by atoms with Gasteiger partial charge in [0.25, 0.3) is 0 Å². The minimum absolute atomic E-state index is 0.0336. The molecule has 4 rings (SSSR count). The fourth-order valence-electron chi connectivity index (χ4n) is 3.86. The average Bonchev–Trinajstić information content (AvgIpc) is 3.32. The van der Waals surface area contributed by atoms with Gasteiger partial charge in [0.05, 0.1) is 30.8 Å². The monoisotopic (exact) mass is 420 g/mol. The number of carbonyl (C=O) groups is 2. The van der Waals surface area contributed by atoms with Crippen LogP contribution in [-0.2, 0) is 22.6 Å². The van der Waals surface area contributed by atoms with Crippen molar-refractivity contribution in [2.75, 3.05) is 32.2 Å². The van der Waals surface area contributed by atoms with Gasteiger partial charge in [-0.2, -0.15) is 0 Å². The molecular formula is C20H21ClN2O4S. The highest BCUT2D eigenvalue weighted by Gasteiger charge is 2.39. The van der Waals surface area contributed by atoms with E-state index in [9.17, 15) is 9.59 Å². The lowest BCUT2D eigenvalue weighted by Gasteiger charge is -2.29. The smallest absolute Gasteiger partial charge is 0.228 e. The Hall–Kier alpha value is -2.25. The maximum absolute atomic E-state index is 13.0. The normalized spacial score (nSPS) is 19.0. The molecule has 8 heteroatoms. The molecule has 0 saturated carbocycles. The Balaban J connectivity index is 1.53. The molecule has 2 amide bonds. The van der Waals surface area contributed by atoms with Crippen LogP contribution in [0.15, 0.2) is 23.6 Å². The van der Waals surface area contributed by atoms with Gasteiger partial charge in [-0.1, -0.05) is 11.6 Å². The number of hydrogen-bond donors (Lipinski definition) is 0. The Kier molecular flexibility index (Phi) is 5.21. The summed E-state index contributed by atoms with van der Waals surface area (Å²) >= 11 is 7.99. The molecule has 148 valence electrons. The lowest BCUT2D eigenvalue weighted by molar-refractivity contribution is -0.136. The molecule has 3 heterocycles. The number of nitrogens with zero attached hydrogens (tertiary/aromatic N) is 2. The zero-order chi connectivity index (χ0) is 19.8. The Morgan fingerprint density at radius 1 is 1.25 bits per heavy atom. The van der Waals surface area contributed by atoms with Crippen molar-refractivity contribution in [2.24, 2.45) is 5.92 Å². The molecule has 1 atom stereocenters. The second kappa shape index (κ2) is 7.64. The van der Waals surface area contributed by atoms with Crippen LogP contribution in [0, 0.1) is 5.92 Å². The van der Waals surface area contributed by atoms with Crippen LogP contribution in [0.3, 0.4) is 0 Å². The average molecular weight is 421 g/mol. The SMILES string of the molecule is COc1cc(OC)c(N2C[C@H](C(=O)N3CCc4sccc4C3)CC2=O)cc1Cl. The minimum atomic E-state index is -0.363. The van der Waals surface area contributed by atoms with Crippen molar-refractivity contribution < 1.29 is 19.1 Å². The van der Waals surface area contributed by atoms with Crippen LogP contribution in [-0.4, -0.2) is 44.0 Å². The first-order valence-electron chi connectivity index (χ1n) is 9.07. The number of amides is 2. The van der Waals surface area contributed by atoms with Crippen LogP contribution in [0.25, 0.3) is 0 Å². The first-order chi connectivity index (χ1) is 13.5. The number of hydrogen-bond acceptors (Lipinski definition) is 5. The van der Waals surface area contributed by atoms with Gasteiger partial charge in [-0.25, -0.2) is 0 Å². The molecule has 0 spiro atoms. The summed E-state index contributed by atoms with van der Waals surface area (Å²) in [5, 5.41) is 2.46. The molecule has 28 heavy (non-hydrogen) atoms. The third-order valence-corrected chi connectivity index (χ3v) is 6.66. The van der Waals surface area contributed by atoms with Crippen LogP contribution >= 0.6 is 22.9 Å². The molecule has 2 aliphatic rings. The predicted octanol–water partition coefficient (Wildman–Crippen LogP) is 3.36. The molecule has 6 nitrogen and oxygen atoms in total. The first kappa shape index (κ1) is 19.1. The summed E-state index contributed by atoms with van der Waals surface area (Å²) in [6.45, 7) is 1.65. The lowest BCUT2D eigenvalue weighted by Crippen LogP contribution is -2.40. The van der Waals surface area contributed by atoms with Crippen molar-refractivity contribution in [3.05, 3.63) is 39.0 Å². The topological polar surface area (TPSA) is 59.1 Å². The third-order valence-electron chi connectivity index (χ3n) is 5.34. The molecule has 0 radical (unpaired) electrons. The van der Waals surface area contributed by atoms with Gasteiger partial charge >= 0.3 is 0 Å². The molecule has 1 aromatic heterocycles. The van der Waals surface area contributed by atoms with E-state index in [0.717, 1.165) is 6.42 Å². The molecule has 2 aromatic rings. The zero-order valence-corrected chi connectivity index (χ0v) is 17.3. The van der Waals surface area contributed by atoms with Gasteiger partial charge in [0.2, 0.25) is 11.8 Å². The highest BCUT2D eigenvalue weighted by molar-refractivity contribution is 7.10. The van der Waals surface area contributed by atoms with Crippen molar-refractivity contribution in [3.63, 3.8) is 0 Å². The van der Waals surface area contributed by atoms with Gasteiger partial charge < -0.3 is 19.3 Å². The first-order valence-corrected chi connectivity index (χ1v) is 10.3. The Morgan fingerprint density at radius 2 is 2.04 bits per heavy atom. The number of rotatable bonds is 4. The van der Waals surface area contributed by atoms with Gasteiger partial charge in [-0.3, -0.25) is 9.59 Å². The highest BCUT2D eigenvalue weighted by Crippen LogP contribution is 2.40. The van der Waals surface area contributed by atoms with Crippen molar-refractivity contribution in [1.82, 2.24) is 4.90 Å². The van der Waals surface area contributed by atoms with Crippen LogP contribution in [0.5, 0.6) is 11.5 Å². The van der Waals surface area contributed by atoms with Gasteiger partial charge in [-0.15, -0.1) is 11.3 Å². The summed E-state index contributed by atoms with van der Waals surface area (Å²) in [5.41, 5.74) is 1.78. The number of thiophene rings is 1. The number of ether oxygens (including phenoxy) is 2. The van der Waals surface area contributed by atoms with Crippen molar-refractivity contribution >= 4 is 40.4 Å². The fourth-order valence-corrected chi connectivity index (χ4v) is 4.98. The van der Waals surface area contributed by atoms with Crippen LogP contribution in [0.2, 0.25) is 5.02 Å².